The zero-order chi connectivity index (χ0) is 21.7. The first-order valence-electron chi connectivity index (χ1n) is 9.68. The highest BCUT2D eigenvalue weighted by molar-refractivity contribution is 6.06. The van der Waals surface area contributed by atoms with E-state index >= 15 is 0 Å². The molecule has 3 rings (SSSR count). The topological polar surface area (TPSA) is 114 Å². The number of aromatic nitrogens is 1. The zero-order valence-corrected chi connectivity index (χ0v) is 16.9. The third-order valence-electron chi connectivity index (χ3n) is 4.66. The number of amides is 3. The van der Waals surface area contributed by atoms with E-state index in [4.69, 9.17) is 5.73 Å². The zero-order valence-electron chi connectivity index (χ0n) is 16.9. The molecule has 154 valence electrons. The molecule has 0 saturated carbocycles. The number of pyridine rings is 1. The Morgan fingerprint density at radius 3 is 2.33 bits per heavy atom. The lowest BCUT2D eigenvalue weighted by atomic mass is 10.0. The standard InChI is InChI=1S/C23H24N4O3/c1-14(2)20-11-18(17-5-3-4-6-19(17)27-20)23(30)25-12-15-7-9-16(10-8-15)22(29)26-13-21(24)28/h3-11,14H,12-13H2,1-2H3,(H2,24,28)(H,25,30)(H,26,29). The Morgan fingerprint density at radius 2 is 1.67 bits per heavy atom. The summed E-state index contributed by atoms with van der Waals surface area (Å²) in [6.45, 7) is 4.18. The van der Waals surface area contributed by atoms with Crippen molar-refractivity contribution in [3.8, 4) is 0 Å². The third-order valence-corrected chi connectivity index (χ3v) is 4.66. The Labute approximate surface area is 174 Å². The van der Waals surface area contributed by atoms with Gasteiger partial charge >= 0.3 is 0 Å². The van der Waals surface area contributed by atoms with Crippen LogP contribution >= 0.6 is 0 Å². The number of carbonyl (C=O) groups excluding carboxylic acids is 3. The molecule has 0 bridgehead atoms. The maximum Gasteiger partial charge on any atom is 0.252 e. The van der Waals surface area contributed by atoms with Gasteiger partial charge in [-0.15, -0.1) is 0 Å². The number of primary amides is 1. The molecular formula is C23H24N4O3. The van der Waals surface area contributed by atoms with Crippen LogP contribution in [0, 0.1) is 0 Å². The molecular weight excluding hydrogens is 380 g/mol. The Bertz CT molecular complexity index is 1090. The van der Waals surface area contributed by atoms with Gasteiger partial charge in [-0.05, 0) is 35.7 Å². The second kappa shape index (κ2) is 9.17. The summed E-state index contributed by atoms with van der Waals surface area (Å²) in [6, 6.07) is 16.2. The maximum atomic E-state index is 12.9. The number of nitrogens with two attached hydrogens (primary N) is 1. The molecule has 0 fully saturated rings. The van der Waals surface area contributed by atoms with Gasteiger partial charge in [-0.2, -0.15) is 0 Å². The van der Waals surface area contributed by atoms with Crippen LogP contribution in [0.4, 0.5) is 0 Å². The highest BCUT2D eigenvalue weighted by Crippen LogP contribution is 2.22. The lowest BCUT2D eigenvalue weighted by Gasteiger charge is -2.12. The quantitative estimate of drug-likeness (QED) is 0.561. The first kappa shape index (κ1) is 21.0. The van der Waals surface area contributed by atoms with Gasteiger partial charge in [0.15, 0.2) is 0 Å². The minimum atomic E-state index is -0.605. The molecule has 0 aliphatic heterocycles. The number of benzene rings is 2. The smallest absolute Gasteiger partial charge is 0.252 e. The van der Waals surface area contributed by atoms with E-state index in [1.54, 1.807) is 24.3 Å². The van der Waals surface area contributed by atoms with Crippen LogP contribution in [-0.4, -0.2) is 29.3 Å². The Kier molecular flexibility index (Phi) is 6.41. The number of para-hydroxylation sites is 1. The first-order valence-corrected chi connectivity index (χ1v) is 9.68. The van der Waals surface area contributed by atoms with Gasteiger partial charge in [0.25, 0.3) is 11.8 Å². The van der Waals surface area contributed by atoms with Gasteiger partial charge in [0, 0.05) is 23.2 Å². The van der Waals surface area contributed by atoms with Crippen molar-refractivity contribution >= 4 is 28.6 Å². The van der Waals surface area contributed by atoms with Crippen molar-refractivity contribution in [2.45, 2.75) is 26.3 Å². The molecule has 4 N–H and O–H groups in total. The summed E-state index contributed by atoms with van der Waals surface area (Å²) in [7, 11) is 0. The second-order valence-corrected chi connectivity index (χ2v) is 7.30. The van der Waals surface area contributed by atoms with E-state index in [1.807, 2.05) is 44.2 Å². The van der Waals surface area contributed by atoms with Crippen LogP contribution in [0.1, 0.15) is 51.7 Å². The summed E-state index contributed by atoms with van der Waals surface area (Å²) >= 11 is 0. The van der Waals surface area contributed by atoms with Crippen LogP contribution in [0.5, 0.6) is 0 Å². The van der Waals surface area contributed by atoms with E-state index in [9.17, 15) is 14.4 Å². The Balaban J connectivity index is 1.71. The predicted molar refractivity (Wildman–Crippen MR) is 115 cm³/mol. The van der Waals surface area contributed by atoms with Crippen LogP contribution in [0.15, 0.2) is 54.6 Å². The summed E-state index contributed by atoms with van der Waals surface area (Å²) < 4.78 is 0. The van der Waals surface area contributed by atoms with E-state index in [1.165, 1.54) is 0 Å². The van der Waals surface area contributed by atoms with E-state index in [-0.39, 0.29) is 24.3 Å². The SMILES string of the molecule is CC(C)c1cc(C(=O)NCc2ccc(C(=O)NCC(N)=O)cc2)c2ccccc2n1. The highest BCUT2D eigenvalue weighted by atomic mass is 16.2. The summed E-state index contributed by atoms with van der Waals surface area (Å²) in [5.41, 5.74) is 8.52. The normalized spacial score (nSPS) is 10.8. The molecule has 0 unspecified atom stereocenters. The van der Waals surface area contributed by atoms with Gasteiger partial charge in [0.2, 0.25) is 5.91 Å². The molecule has 3 amide bonds. The number of rotatable bonds is 7. The molecule has 0 aliphatic carbocycles. The molecule has 1 heterocycles. The molecule has 7 nitrogen and oxygen atoms in total. The summed E-state index contributed by atoms with van der Waals surface area (Å²) in [5, 5.41) is 6.17. The molecule has 7 heteroatoms. The van der Waals surface area contributed by atoms with E-state index in [0.717, 1.165) is 22.2 Å². The molecule has 0 atom stereocenters. The Hall–Kier alpha value is -3.74. The molecule has 0 aliphatic rings. The minimum absolute atomic E-state index is 0.182. The molecule has 0 spiro atoms. The number of fused-ring (bicyclic) bond motifs is 1. The maximum absolute atomic E-state index is 12.9. The van der Waals surface area contributed by atoms with Crippen molar-refractivity contribution in [1.82, 2.24) is 15.6 Å². The van der Waals surface area contributed by atoms with E-state index < -0.39 is 5.91 Å². The van der Waals surface area contributed by atoms with Crippen molar-refractivity contribution in [1.29, 1.82) is 0 Å². The number of carbonyl (C=O) groups is 3. The van der Waals surface area contributed by atoms with Crippen molar-refractivity contribution in [2.24, 2.45) is 5.73 Å². The van der Waals surface area contributed by atoms with Gasteiger partial charge in [0.1, 0.15) is 0 Å². The number of hydrogen-bond acceptors (Lipinski definition) is 4. The van der Waals surface area contributed by atoms with Crippen LogP contribution in [0.2, 0.25) is 0 Å². The van der Waals surface area contributed by atoms with Gasteiger partial charge in [-0.3, -0.25) is 19.4 Å². The monoisotopic (exact) mass is 404 g/mol. The van der Waals surface area contributed by atoms with Crippen LogP contribution in [0.3, 0.4) is 0 Å². The predicted octanol–water partition coefficient (Wildman–Crippen LogP) is 2.50. The third kappa shape index (κ3) is 5.00. The molecule has 3 aromatic rings. The van der Waals surface area contributed by atoms with Crippen LogP contribution in [0.25, 0.3) is 10.9 Å². The summed E-state index contributed by atoms with van der Waals surface area (Å²) in [5.74, 6) is -0.964. The molecule has 1 aromatic heterocycles. The fourth-order valence-corrected chi connectivity index (χ4v) is 3.00. The number of hydrogen-bond donors (Lipinski definition) is 3. The molecule has 0 radical (unpaired) electrons. The Morgan fingerprint density at radius 1 is 0.967 bits per heavy atom. The fraction of sp³-hybridized carbons (Fsp3) is 0.217. The second-order valence-electron chi connectivity index (χ2n) is 7.30. The van der Waals surface area contributed by atoms with Crippen molar-refractivity contribution in [2.75, 3.05) is 6.54 Å². The summed E-state index contributed by atoms with van der Waals surface area (Å²) in [4.78, 5) is 40.2. The van der Waals surface area contributed by atoms with Gasteiger partial charge < -0.3 is 16.4 Å². The average Bonchev–Trinajstić information content (AvgIpc) is 2.75. The van der Waals surface area contributed by atoms with Crippen LogP contribution in [-0.2, 0) is 11.3 Å². The fourth-order valence-electron chi connectivity index (χ4n) is 3.00. The van der Waals surface area contributed by atoms with Gasteiger partial charge in [-0.1, -0.05) is 44.2 Å². The van der Waals surface area contributed by atoms with E-state index in [0.29, 0.717) is 17.7 Å². The van der Waals surface area contributed by atoms with Gasteiger partial charge in [0.05, 0.1) is 17.6 Å². The van der Waals surface area contributed by atoms with Crippen molar-refractivity contribution in [3.63, 3.8) is 0 Å². The molecule has 2 aromatic carbocycles. The largest absolute Gasteiger partial charge is 0.368 e. The average molecular weight is 404 g/mol. The lowest BCUT2D eigenvalue weighted by molar-refractivity contribution is -0.117. The van der Waals surface area contributed by atoms with Crippen molar-refractivity contribution < 1.29 is 14.4 Å². The van der Waals surface area contributed by atoms with E-state index in [2.05, 4.69) is 15.6 Å². The highest BCUT2D eigenvalue weighted by Gasteiger charge is 2.14. The van der Waals surface area contributed by atoms with Crippen molar-refractivity contribution in [3.05, 3.63) is 77.0 Å². The minimum Gasteiger partial charge on any atom is -0.368 e. The number of nitrogens with zero attached hydrogens (tertiary/aromatic N) is 1. The molecule has 0 saturated heterocycles. The first-order chi connectivity index (χ1) is 14.3. The molecule has 30 heavy (non-hydrogen) atoms. The summed E-state index contributed by atoms with van der Waals surface area (Å²) in [6.07, 6.45) is 0. The number of nitrogens with one attached hydrogen (secondary N) is 2. The van der Waals surface area contributed by atoms with Crippen LogP contribution < -0.4 is 16.4 Å². The van der Waals surface area contributed by atoms with Gasteiger partial charge in [-0.25, -0.2) is 0 Å². The lowest BCUT2D eigenvalue weighted by Crippen LogP contribution is -2.33.